The third kappa shape index (κ3) is 3.30. The van der Waals surface area contributed by atoms with Gasteiger partial charge in [-0.3, -0.25) is 0 Å². The van der Waals surface area contributed by atoms with Gasteiger partial charge >= 0.3 is 0 Å². The molecule has 0 aliphatic rings. The number of halogens is 2. The molecular formula is C12H16ClF. The van der Waals surface area contributed by atoms with E-state index >= 15 is 0 Å². The predicted octanol–water partition coefficient (Wildman–Crippen LogP) is 4.46. The van der Waals surface area contributed by atoms with E-state index in [0.29, 0.717) is 17.0 Å². The molecule has 0 saturated heterocycles. The van der Waals surface area contributed by atoms with Gasteiger partial charge in [-0.05, 0) is 30.4 Å². The normalized spacial score (nSPS) is 11.8. The summed E-state index contributed by atoms with van der Waals surface area (Å²) in [5.41, 5.74) is 0.857. The Balaban J connectivity index is 2.77. The first-order valence-electron chi connectivity index (χ1n) is 4.83. The Labute approximate surface area is 90.1 Å². The molecule has 0 atom stereocenters. The van der Waals surface area contributed by atoms with E-state index in [0.717, 1.165) is 6.42 Å². The summed E-state index contributed by atoms with van der Waals surface area (Å²) in [7, 11) is 0. The Bertz CT molecular complexity index is 292. The van der Waals surface area contributed by atoms with Crippen LogP contribution in [0.15, 0.2) is 18.2 Å². The molecule has 1 aromatic rings. The van der Waals surface area contributed by atoms with Gasteiger partial charge in [-0.15, -0.1) is 0 Å². The Morgan fingerprint density at radius 3 is 2.43 bits per heavy atom. The largest absolute Gasteiger partial charge is 0.207 e. The third-order valence-corrected chi connectivity index (χ3v) is 2.54. The van der Waals surface area contributed by atoms with Gasteiger partial charge in [0.1, 0.15) is 5.82 Å². The van der Waals surface area contributed by atoms with Crippen molar-refractivity contribution >= 4 is 11.6 Å². The molecule has 0 heterocycles. The second-order valence-electron chi connectivity index (χ2n) is 4.76. The van der Waals surface area contributed by atoms with E-state index in [1.807, 2.05) is 0 Å². The van der Waals surface area contributed by atoms with Gasteiger partial charge in [0.25, 0.3) is 0 Å². The molecule has 1 rings (SSSR count). The van der Waals surface area contributed by atoms with E-state index in [2.05, 4.69) is 20.8 Å². The van der Waals surface area contributed by atoms with Crippen LogP contribution in [-0.2, 0) is 6.42 Å². The molecule has 0 spiro atoms. The molecule has 0 saturated carbocycles. The van der Waals surface area contributed by atoms with Crippen LogP contribution in [0.1, 0.15) is 32.8 Å². The van der Waals surface area contributed by atoms with Crippen molar-refractivity contribution in [1.29, 1.82) is 0 Å². The molecule has 0 aliphatic heterocycles. The van der Waals surface area contributed by atoms with Crippen LogP contribution in [0.5, 0.6) is 0 Å². The summed E-state index contributed by atoms with van der Waals surface area (Å²) in [6.45, 7) is 6.42. The Morgan fingerprint density at radius 1 is 1.29 bits per heavy atom. The SMILES string of the molecule is CC(C)(C)CCc1c(F)cccc1Cl. The highest BCUT2D eigenvalue weighted by molar-refractivity contribution is 6.31. The van der Waals surface area contributed by atoms with E-state index < -0.39 is 0 Å². The fraction of sp³-hybridized carbons (Fsp3) is 0.500. The molecule has 0 aliphatic carbocycles. The van der Waals surface area contributed by atoms with E-state index in [1.165, 1.54) is 6.07 Å². The highest BCUT2D eigenvalue weighted by atomic mass is 35.5. The zero-order valence-electron chi connectivity index (χ0n) is 8.90. The molecule has 0 aromatic heterocycles. The summed E-state index contributed by atoms with van der Waals surface area (Å²) in [5, 5.41) is 0.536. The standard InChI is InChI=1S/C12H16ClF/c1-12(2,3)8-7-9-10(13)5-4-6-11(9)14/h4-6H,7-8H2,1-3H3. The van der Waals surface area contributed by atoms with E-state index in [1.54, 1.807) is 12.1 Å². The summed E-state index contributed by atoms with van der Waals surface area (Å²) >= 11 is 5.92. The first kappa shape index (κ1) is 11.5. The van der Waals surface area contributed by atoms with Crippen molar-refractivity contribution in [2.24, 2.45) is 5.41 Å². The lowest BCUT2D eigenvalue weighted by atomic mass is 9.88. The van der Waals surface area contributed by atoms with Crippen LogP contribution < -0.4 is 0 Å². The minimum atomic E-state index is -0.193. The molecule has 14 heavy (non-hydrogen) atoms. The van der Waals surface area contributed by atoms with Crippen LogP contribution in [0.4, 0.5) is 4.39 Å². The van der Waals surface area contributed by atoms with Crippen molar-refractivity contribution in [1.82, 2.24) is 0 Å². The second-order valence-corrected chi connectivity index (χ2v) is 5.17. The smallest absolute Gasteiger partial charge is 0.127 e. The van der Waals surface area contributed by atoms with Gasteiger partial charge in [-0.2, -0.15) is 0 Å². The molecule has 0 fully saturated rings. The van der Waals surface area contributed by atoms with Gasteiger partial charge in [-0.1, -0.05) is 38.4 Å². The quantitative estimate of drug-likeness (QED) is 0.682. The molecule has 0 N–H and O–H groups in total. The van der Waals surface area contributed by atoms with Gasteiger partial charge in [0.05, 0.1) is 0 Å². The molecular weight excluding hydrogens is 199 g/mol. The van der Waals surface area contributed by atoms with Crippen molar-refractivity contribution in [3.8, 4) is 0 Å². The first-order valence-corrected chi connectivity index (χ1v) is 5.21. The highest BCUT2D eigenvalue weighted by Gasteiger charge is 2.13. The van der Waals surface area contributed by atoms with Crippen molar-refractivity contribution in [2.45, 2.75) is 33.6 Å². The average molecular weight is 215 g/mol. The lowest BCUT2D eigenvalue weighted by molar-refractivity contribution is 0.375. The van der Waals surface area contributed by atoms with Crippen LogP contribution >= 0.6 is 11.6 Å². The molecule has 0 nitrogen and oxygen atoms in total. The van der Waals surface area contributed by atoms with Gasteiger partial charge in [0.2, 0.25) is 0 Å². The topological polar surface area (TPSA) is 0 Å². The van der Waals surface area contributed by atoms with Crippen molar-refractivity contribution in [2.75, 3.05) is 0 Å². The molecule has 2 heteroatoms. The lowest BCUT2D eigenvalue weighted by Crippen LogP contribution is -2.07. The second kappa shape index (κ2) is 4.31. The predicted molar refractivity (Wildman–Crippen MR) is 59.2 cm³/mol. The van der Waals surface area contributed by atoms with E-state index in [4.69, 9.17) is 11.6 Å². The van der Waals surface area contributed by atoms with Crippen LogP contribution in [0, 0.1) is 11.2 Å². The molecule has 1 aromatic carbocycles. The van der Waals surface area contributed by atoms with Crippen LogP contribution in [0.25, 0.3) is 0 Å². The third-order valence-electron chi connectivity index (χ3n) is 2.19. The number of hydrogen-bond donors (Lipinski definition) is 0. The first-order chi connectivity index (χ1) is 6.40. The summed E-state index contributed by atoms with van der Waals surface area (Å²) in [6.07, 6.45) is 1.64. The van der Waals surface area contributed by atoms with Gasteiger partial charge < -0.3 is 0 Å². The lowest BCUT2D eigenvalue weighted by Gasteiger charge is -2.18. The monoisotopic (exact) mass is 214 g/mol. The van der Waals surface area contributed by atoms with Crippen molar-refractivity contribution in [3.05, 3.63) is 34.6 Å². The zero-order valence-corrected chi connectivity index (χ0v) is 9.66. The zero-order chi connectivity index (χ0) is 10.8. The van der Waals surface area contributed by atoms with Crippen molar-refractivity contribution in [3.63, 3.8) is 0 Å². The van der Waals surface area contributed by atoms with Crippen LogP contribution in [-0.4, -0.2) is 0 Å². The number of benzene rings is 1. The summed E-state index contributed by atoms with van der Waals surface area (Å²) in [5.74, 6) is -0.193. The van der Waals surface area contributed by atoms with Crippen molar-refractivity contribution < 1.29 is 4.39 Å². The summed E-state index contributed by atoms with van der Waals surface area (Å²) in [4.78, 5) is 0. The maximum absolute atomic E-state index is 13.3. The Hall–Kier alpha value is -0.560. The van der Waals surface area contributed by atoms with Gasteiger partial charge in [-0.25, -0.2) is 4.39 Å². The molecule has 0 amide bonds. The summed E-state index contributed by atoms with van der Waals surface area (Å²) < 4.78 is 13.3. The fourth-order valence-electron chi connectivity index (χ4n) is 1.27. The van der Waals surface area contributed by atoms with Crippen LogP contribution in [0.3, 0.4) is 0 Å². The average Bonchev–Trinajstić information content (AvgIpc) is 2.01. The van der Waals surface area contributed by atoms with Crippen LogP contribution in [0.2, 0.25) is 5.02 Å². The van der Waals surface area contributed by atoms with E-state index in [9.17, 15) is 4.39 Å². The maximum atomic E-state index is 13.3. The van der Waals surface area contributed by atoms with Gasteiger partial charge in [0.15, 0.2) is 0 Å². The fourth-order valence-corrected chi connectivity index (χ4v) is 1.53. The number of hydrogen-bond acceptors (Lipinski definition) is 0. The minimum absolute atomic E-state index is 0.193. The molecule has 78 valence electrons. The Morgan fingerprint density at radius 2 is 1.93 bits per heavy atom. The number of rotatable bonds is 2. The molecule has 0 unspecified atom stereocenters. The minimum Gasteiger partial charge on any atom is -0.207 e. The van der Waals surface area contributed by atoms with E-state index in [-0.39, 0.29) is 11.2 Å². The molecule has 0 bridgehead atoms. The Kier molecular flexibility index (Phi) is 3.54. The maximum Gasteiger partial charge on any atom is 0.127 e. The summed E-state index contributed by atoms with van der Waals surface area (Å²) in [6, 6.07) is 4.84. The highest BCUT2D eigenvalue weighted by Crippen LogP contribution is 2.26. The van der Waals surface area contributed by atoms with Gasteiger partial charge in [0, 0.05) is 10.6 Å². The molecule has 0 radical (unpaired) electrons.